The minimum absolute atomic E-state index is 0.0246. The zero-order valence-electron chi connectivity index (χ0n) is 134. The van der Waals surface area contributed by atoms with E-state index in [-0.39, 0.29) is 47.8 Å². The van der Waals surface area contributed by atoms with Gasteiger partial charge in [0.1, 0.15) is 35.3 Å². The number of aryl methyl sites for hydroxylation is 4. The number of rotatable bonds is 45. The molecular formula is C111H144N12O15. The van der Waals surface area contributed by atoms with Gasteiger partial charge in [0.2, 0.25) is 17.7 Å². The second kappa shape index (κ2) is 54.7. The topological polar surface area (TPSA) is 360 Å². The lowest BCUT2D eigenvalue weighted by atomic mass is 9.92. The van der Waals surface area contributed by atoms with Crippen LogP contribution in [0.15, 0.2) is 236 Å². The number of nitrogens with zero attached hydrogens (tertiary/aromatic N) is 3. The zero-order valence-corrected chi connectivity index (χ0v) is 74.9. The summed E-state index contributed by atoms with van der Waals surface area (Å²) in [6, 6.07) is 8.74. The van der Waals surface area contributed by atoms with E-state index in [1.54, 1.807) is 122 Å². The predicted molar refractivity (Wildman–Crippen MR) is 539 cm³/mol. The van der Waals surface area contributed by atoms with Crippen molar-refractivity contribution in [2.45, 2.75) is 232 Å². The molecule has 3 saturated heterocycles. The molecule has 0 bridgehead atoms. The lowest BCUT2D eigenvalue weighted by Gasteiger charge is -2.37. The van der Waals surface area contributed by atoms with Crippen molar-refractivity contribution < 1.29 is 154 Å². The molecule has 3 aliphatic heterocycles. The van der Waals surface area contributed by atoms with Gasteiger partial charge in [0.15, 0.2) is 19.7 Å². The van der Waals surface area contributed by atoms with Gasteiger partial charge in [-0.15, -0.1) is 0 Å². The fourth-order valence-corrected chi connectivity index (χ4v) is 14.3. The second-order valence-electron chi connectivity index (χ2n) is 31.1. The van der Waals surface area contributed by atoms with Gasteiger partial charge in [-0.05, 0) is 203 Å². The molecule has 0 radical (unpaired) electrons. The highest BCUT2D eigenvalue weighted by atomic mass is 16.5. The molecule has 3 fully saturated rings. The van der Waals surface area contributed by atoms with E-state index in [2.05, 4.69) is 31.9 Å². The van der Waals surface area contributed by atoms with Crippen LogP contribution in [-0.2, 0) is 67.2 Å². The molecule has 27 nitrogen and oxygen atoms in total. The first-order valence-electron chi connectivity index (χ1n) is 72.2. The van der Waals surface area contributed by atoms with Crippen molar-refractivity contribution in [3.05, 3.63) is 303 Å². The molecule has 12 atom stereocenters. The number of hydrogen-bond acceptors (Lipinski definition) is 15. The molecule has 9 aromatic rings. The standard InChI is InChI=1S/3C37H48N4O5/c3*1-25(2)34(41-20-12-19-38-37(41)45)36(44)39-30(21-28-15-7-5-8-16-28)23-32(42)31(22-29-17-9-6-10-18-29)40-33(43)24-46-35-26(3)13-11-14-27(35)4/h3*5-11,13-18,25,30-32,34,42H,12,19-24H2,1-4H3,(H,38,45)(H,39,44)(H,40,43)/t3*30-,31-,32-,34-/m000/s1/i1D3,2D3,3D3,4D3,11D,12D2,13D,14D,19D2,20D2,24D2,25D,34D;1D3,2D3,6D,9D,10D,17D,18D,22D2,24D2,25D,31D,34D;1D3,2D3,12D2,19D2,20D2,24D2,25D,34D. The fraction of sp³-hybridized carbons (Fsp3) is 0.432. The average molecular weight is 1950 g/mol. The van der Waals surface area contributed by atoms with E-state index in [4.69, 9.17) is 86.9 Å². The third-order valence-electron chi connectivity index (χ3n) is 20.8. The van der Waals surface area contributed by atoms with Gasteiger partial charge in [0, 0.05) is 113 Å². The molecule has 9 aromatic carbocycles. The summed E-state index contributed by atoms with van der Waals surface area (Å²) >= 11 is 0. The molecule has 0 aliphatic carbocycles. The largest absolute Gasteiger partial charge is 0.483 e. The Hall–Kier alpha value is -13.1. The van der Waals surface area contributed by atoms with Gasteiger partial charge in [0.25, 0.3) is 17.7 Å². The van der Waals surface area contributed by atoms with Crippen LogP contribution in [0.4, 0.5) is 14.4 Å². The molecular weight excluding hydrogens is 1740 g/mol. The van der Waals surface area contributed by atoms with E-state index >= 15 is 0 Å². The summed E-state index contributed by atoms with van der Waals surface area (Å²) in [5.74, 6) is -26.0. The molecule has 12 N–H and O–H groups in total. The SMILES string of the molecule is [2H]C([2H])(Oc1c(C)cccc1C)C(=O)N[C@@H](Cc1ccccc1)[C@@H](O)C[C@H](Cc1ccccc1)NC(=O)[C@@]([2H])(N1C(=O)NC([2H])([2H])C([2H])([2H])C1([2H])[2H])C([2H])(C([2H])([2H])[2H])C([2H])([2H])[2H].[2H]c1c([2H])c(C([2H])([2H])[2H])c(OC([2H])([2H])C(=O)N[C@@H](Cc2ccccc2)[C@@H](O)C[C@H](Cc2ccccc2)NC(=O)[C@@]([2H])(N2C(=O)NC([2H])([2H])C([2H])([2H])C2([2H])[2H])C([2H])(C([2H])([2H])[2H])C([2H])([2H])[2H])c(C([2H])([2H])[2H])c1[2H].[2H]c1c([2H])c([2H])c(C([2H])([2H])[C@]([2H])(NC(=O)C([2H])([2H])Oc2c(C)cccc2C)[C@@H](O)C[C@H](Cc2ccccc2)NC(=O)[C@@]([2H])(N2CCCNC2=O)C([2H])(C([2H])([2H])[2H])C([2H])([2H])[2H])c([2H])c1[2H]. The van der Waals surface area contributed by atoms with E-state index in [0.717, 1.165) is 0 Å². The number of ether oxygens (including phenoxy) is 3. The van der Waals surface area contributed by atoms with Crippen LogP contribution in [-0.4, -0.2) is 215 Å². The fourth-order valence-electron chi connectivity index (χ4n) is 14.3. The molecule has 3 heterocycles. The highest BCUT2D eigenvalue weighted by Gasteiger charge is 2.40. The second-order valence-corrected chi connectivity index (χ2v) is 31.1. The Bertz CT molecular complexity index is 8120. The molecule has 3 aliphatic rings. The van der Waals surface area contributed by atoms with Gasteiger partial charge in [-0.25, -0.2) is 14.4 Å². The van der Waals surface area contributed by atoms with Crippen LogP contribution in [0.1, 0.15) is 227 Å². The number of carbonyl (C=O) groups is 9. The maximum absolute atomic E-state index is 14.8. The van der Waals surface area contributed by atoms with Crippen LogP contribution in [0, 0.1) is 59.1 Å². The summed E-state index contributed by atoms with van der Waals surface area (Å²) in [4.78, 5) is 125. The Morgan fingerprint density at radius 2 is 0.732 bits per heavy atom. The molecule has 0 saturated carbocycles. The Morgan fingerprint density at radius 1 is 0.399 bits per heavy atom. The third kappa shape index (κ3) is 33.7. The first kappa shape index (κ1) is 51.5. The van der Waals surface area contributed by atoms with Crippen molar-refractivity contribution in [1.82, 2.24) is 62.6 Å². The molecule has 0 aromatic heterocycles. The normalized spacial score (nSPS) is 26.5. The minimum atomic E-state index is -4.61. The van der Waals surface area contributed by atoms with Crippen LogP contribution in [0.3, 0.4) is 0 Å². The van der Waals surface area contributed by atoms with Gasteiger partial charge in [-0.2, -0.15) is 0 Å². The maximum atomic E-state index is 14.8. The van der Waals surface area contributed by atoms with Crippen LogP contribution in [0.25, 0.3) is 0 Å². The Balaban J connectivity index is 0.000000294. The Labute approximate surface area is 897 Å². The number of nitrogens with one attached hydrogen (secondary N) is 9. The summed E-state index contributed by atoms with van der Waals surface area (Å²) in [6.45, 7) is -52.4. The van der Waals surface area contributed by atoms with Crippen LogP contribution < -0.4 is 62.1 Å². The van der Waals surface area contributed by atoms with Gasteiger partial charge in [-0.1, -0.05) is 278 Å². The number of amides is 12. The molecule has 27 heteroatoms. The predicted octanol–water partition coefficient (Wildman–Crippen LogP) is 13.0. The third-order valence-corrected chi connectivity index (χ3v) is 20.8. The van der Waals surface area contributed by atoms with Crippen molar-refractivity contribution in [2.24, 2.45) is 17.7 Å². The van der Waals surface area contributed by atoms with Gasteiger partial charge < -0.3 is 92.1 Å². The number of benzene rings is 9. The van der Waals surface area contributed by atoms with Crippen LogP contribution in [0.2, 0.25) is 0 Å². The quantitative estimate of drug-likeness (QED) is 0.0169. The van der Waals surface area contributed by atoms with Crippen molar-refractivity contribution in [3.8, 4) is 17.2 Å². The smallest absolute Gasteiger partial charge is 0.318 e. The highest BCUT2D eigenvalue weighted by molar-refractivity contribution is 5.90. The number of hydrogen-bond donors (Lipinski definition) is 12. The van der Waals surface area contributed by atoms with Crippen molar-refractivity contribution >= 4 is 53.5 Å². The van der Waals surface area contributed by atoms with Gasteiger partial charge in [-0.3, -0.25) is 28.8 Å². The molecule has 0 unspecified atom stereocenters. The van der Waals surface area contributed by atoms with Crippen LogP contribution in [0.5, 0.6) is 17.2 Å². The number of carbonyl (C=O) groups excluding carboxylic acids is 9. The van der Waals surface area contributed by atoms with Crippen molar-refractivity contribution in [2.75, 3.05) is 58.8 Å². The van der Waals surface area contributed by atoms with Gasteiger partial charge >= 0.3 is 18.1 Å². The summed E-state index contributed by atoms with van der Waals surface area (Å²) in [7, 11) is 0. The molecule has 0 spiro atoms. The first-order valence-corrected chi connectivity index (χ1v) is 42.7. The number of para-hydroxylation sites is 3. The average Bonchev–Trinajstić information content (AvgIpc) is 0.675. The lowest BCUT2D eigenvalue weighted by molar-refractivity contribution is -0.129. The molecule has 738 valence electrons. The summed E-state index contributed by atoms with van der Waals surface area (Å²) in [6.07, 6.45) is -22.9. The number of urea groups is 3. The maximum Gasteiger partial charge on any atom is 0.318 e. The summed E-state index contributed by atoms with van der Waals surface area (Å²) in [5, 5.41) is 54.2. The van der Waals surface area contributed by atoms with E-state index in [0.29, 0.717) is 44.5 Å². The zero-order chi connectivity index (χ0) is 151. The molecule has 12 amide bonds. The van der Waals surface area contributed by atoms with E-state index < -0.39 is 389 Å². The summed E-state index contributed by atoms with van der Waals surface area (Å²) < 4.78 is 510. The number of aliphatic hydroxyl groups excluding tert-OH is 3. The van der Waals surface area contributed by atoms with E-state index in [1.165, 1.54) is 109 Å². The number of aliphatic hydroxyl groups is 3. The van der Waals surface area contributed by atoms with Gasteiger partial charge in [0.05, 0.1) is 61.1 Å². The molecule has 12 rings (SSSR count). The van der Waals surface area contributed by atoms with Crippen LogP contribution >= 0.6 is 0 Å². The van der Waals surface area contributed by atoms with Crippen molar-refractivity contribution in [3.63, 3.8) is 0 Å². The molecule has 138 heavy (non-hydrogen) atoms. The highest BCUT2D eigenvalue weighted by Crippen LogP contribution is 2.29. The lowest BCUT2D eigenvalue weighted by Crippen LogP contribution is -2.59. The first-order chi connectivity index (χ1) is 89.4. The van der Waals surface area contributed by atoms with E-state index in [1.807, 2.05) is 0 Å². The minimum Gasteiger partial charge on any atom is -0.483 e. The van der Waals surface area contributed by atoms with E-state index in [9.17, 15) is 66.7 Å². The van der Waals surface area contributed by atoms with Crippen molar-refractivity contribution in [1.29, 1.82) is 0 Å². The summed E-state index contributed by atoms with van der Waals surface area (Å²) in [5.41, 5.74) is -0.353. The monoisotopic (exact) mass is 1940 g/mol. The Kier molecular flexibility index (Phi) is 20.4. The Morgan fingerprint density at radius 3 is 1.09 bits per heavy atom.